The number of methoxy groups -OCH3 is 1. The van der Waals surface area contributed by atoms with Gasteiger partial charge in [-0.25, -0.2) is 13.4 Å². The van der Waals surface area contributed by atoms with E-state index in [9.17, 15) is 13.2 Å². The summed E-state index contributed by atoms with van der Waals surface area (Å²) in [6.07, 6.45) is 3.88. The van der Waals surface area contributed by atoms with Crippen LogP contribution in [0.4, 0.5) is 0 Å². The van der Waals surface area contributed by atoms with Crippen molar-refractivity contribution in [3.8, 4) is 0 Å². The molecule has 2 heterocycles. The molecule has 8 heteroatoms. The van der Waals surface area contributed by atoms with Gasteiger partial charge in [0.15, 0.2) is 5.03 Å². The first-order valence-corrected chi connectivity index (χ1v) is 7.06. The molecule has 0 aliphatic carbocycles. The Bertz CT molecular complexity index is 511. The van der Waals surface area contributed by atoms with Gasteiger partial charge in [-0.05, 0) is 12.8 Å². The molecule has 2 rings (SSSR count). The molecular weight excluding hydrogens is 258 g/mol. The van der Waals surface area contributed by atoms with E-state index in [-0.39, 0.29) is 23.5 Å². The van der Waals surface area contributed by atoms with Gasteiger partial charge in [-0.2, -0.15) is 4.31 Å². The summed E-state index contributed by atoms with van der Waals surface area (Å²) >= 11 is 0. The lowest BCUT2D eigenvalue weighted by Crippen LogP contribution is -2.42. The number of hydrogen-bond donors (Lipinski definition) is 1. The third-order valence-corrected chi connectivity index (χ3v) is 4.80. The van der Waals surface area contributed by atoms with Gasteiger partial charge in [0, 0.05) is 13.1 Å². The van der Waals surface area contributed by atoms with Crippen LogP contribution in [0.3, 0.4) is 0 Å². The molecule has 1 aliphatic rings. The molecule has 1 atom stereocenters. The standard InChI is InChI=1S/C10H15N3O4S/c1-17-10(14)8-3-2-4-13(6-8)18(15,16)9-5-11-7-12-9/h5,7-8H,2-4,6H2,1H3,(H,11,12). The number of aromatic amines is 1. The summed E-state index contributed by atoms with van der Waals surface area (Å²) in [5, 5.41) is 0.0491. The molecule has 1 saturated heterocycles. The largest absolute Gasteiger partial charge is 0.469 e. The first-order valence-electron chi connectivity index (χ1n) is 5.62. The predicted octanol–water partition coefficient (Wildman–Crippen LogP) is -0.0166. The highest BCUT2D eigenvalue weighted by molar-refractivity contribution is 7.89. The minimum Gasteiger partial charge on any atom is -0.469 e. The SMILES string of the molecule is COC(=O)C1CCCN(S(=O)(=O)c2cnc[nH]2)C1. The van der Waals surface area contributed by atoms with Crippen LogP contribution in [0.1, 0.15) is 12.8 Å². The van der Waals surface area contributed by atoms with Crippen molar-refractivity contribution >= 4 is 16.0 Å². The van der Waals surface area contributed by atoms with Crippen LogP contribution in [0.5, 0.6) is 0 Å². The van der Waals surface area contributed by atoms with Crippen molar-refractivity contribution in [2.75, 3.05) is 20.2 Å². The number of ether oxygens (including phenoxy) is 1. The molecule has 100 valence electrons. The Morgan fingerprint density at radius 1 is 1.61 bits per heavy atom. The number of esters is 1. The van der Waals surface area contributed by atoms with Gasteiger partial charge in [0.25, 0.3) is 10.0 Å². The number of carbonyl (C=O) groups is 1. The van der Waals surface area contributed by atoms with Gasteiger partial charge in [-0.15, -0.1) is 0 Å². The Labute approximate surface area is 105 Å². The minimum absolute atomic E-state index is 0.0491. The molecule has 0 saturated carbocycles. The third-order valence-electron chi connectivity index (χ3n) is 3.01. The quantitative estimate of drug-likeness (QED) is 0.781. The summed E-state index contributed by atoms with van der Waals surface area (Å²) in [6.45, 7) is 0.572. The molecule has 0 bridgehead atoms. The molecule has 18 heavy (non-hydrogen) atoms. The minimum atomic E-state index is -3.59. The number of nitrogens with one attached hydrogen (secondary N) is 1. The monoisotopic (exact) mass is 273 g/mol. The van der Waals surface area contributed by atoms with Crippen molar-refractivity contribution in [1.29, 1.82) is 0 Å². The van der Waals surface area contributed by atoms with Crippen LogP contribution in [0, 0.1) is 5.92 Å². The lowest BCUT2D eigenvalue weighted by Gasteiger charge is -2.29. The Morgan fingerprint density at radius 3 is 3.00 bits per heavy atom. The maximum Gasteiger partial charge on any atom is 0.309 e. The maximum absolute atomic E-state index is 12.2. The highest BCUT2D eigenvalue weighted by atomic mass is 32.2. The fourth-order valence-corrected chi connectivity index (χ4v) is 3.46. The molecule has 0 aromatic carbocycles. The zero-order chi connectivity index (χ0) is 13.2. The first kappa shape index (κ1) is 13.0. The average molecular weight is 273 g/mol. The van der Waals surface area contributed by atoms with Crippen molar-refractivity contribution < 1.29 is 17.9 Å². The Balaban J connectivity index is 2.17. The van der Waals surface area contributed by atoms with Gasteiger partial charge in [0.1, 0.15) is 0 Å². The van der Waals surface area contributed by atoms with Crippen LogP contribution < -0.4 is 0 Å². The summed E-state index contributed by atoms with van der Waals surface area (Å²) in [5.74, 6) is -0.749. The lowest BCUT2D eigenvalue weighted by molar-refractivity contribution is -0.146. The van der Waals surface area contributed by atoms with E-state index >= 15 is 0 Å². The summed E-state index contributed by atoms with van der Waals surface area (Å²) < 4.78 is 30.4. The molecule has 1 N–H and O–H groups in total. The van der Waals surface area contributed by atoms with E-state index < -0.39 is 10.0 Å². The van der Waals surface area contributed by atoms with Gasteiger partial charge < -0.3 is 9.72 Å². The van der Waals surface area contributed by atoms with Crippen molar-refractivity contribution in [1.82, 2.24) is 14.3 Å². The Kier molecular flexibility index (Phi) is 3.67. The molecule has 0 spiro atoms. The summed E-state index contributed by atoms with van der Waals surface area (Å²) in [7, 11) is -2.28. The smallest absolute Gasteiger partial charge is 0.309 e. The zero-order valence-corrected chi connectivity index (χ0v) is 10.8. The molecule has 0 radical (unpaired) electrons. The molecule has 1 unspecified atom stereocenters. The van der Waals surface area contributed by atoms with Gasteiger partial charge in [-0.1, -0.05) is 0 Å². The van der Waals surface area contributed by atoms with Crippen LogP contribution >= 0.6 is 0 Å². The van der Waals surface area contributed by atoms with E-state index in [0.29, 0.717) is 19.4 Å². The van der Waals surface area contributed by atoms with E-state index in [2.05, 4.69) is 14.7 Å². The van der Waals surface area contributed by atoms with E-state index in [1.54, 1.807) is 0 Å². The first-order chi connectivity index (χ1) is 8.55. The van der Waals surface area contributed by atoms with Crippen molar-refractivity contribution in [2.24, 2.45) is 5.92 Å². The summed E-state index contributed by atoms with van der Waals surface area (Å²) in [4.78, 5) is 17.7. The number of piperidine rings is 1. The molecule has 1 fully saturated rings. The molecule has 1 aromatic rings. The fraction of sp³-hybridized carbons (Fsp3) is 0.600. The van der Waals surface area contributed by atoms with Crippen molar-refractivity contribution in [3.05, 3.63) is 12.5 Å². The highest BCUT2D eigenvalue weighted by Crippen LogP contribution is 2.23. The number of rotatable bonds is 3. The van der Waals surface area contributed by atoms with Gasteiger partial charge in [0.2, 0.25) is 0 Å². The second kappa shape index (κ2) is 5.07. The van der Waals surface area contributed by atoms with Crippen LogP contribution in [-0.2, 0) is 19.6 Å². The average Bonchev–Trinajstić information content (AvgIpc) is 2.92. The van der Waals surface area contributed by atoms with E-state index in [1.807, 2.05) is 0 Å². The van der Waals surface area contributed by atoms with Crippen LogP contribution in [0.25, 0.3) is 0 Å². The Morgan fingerprint density at radius 2 is 2.39 bits per heavy atom. The Hall–Kier alpha value is -1.41. The topological polar surface area (TPSA) is 92.4 Å². The molecule has 1 aliphatic heterocycles. The second-order valence-corrected chi connectivity index (χ2v) is 6.05. The van der Waals surface area contributed by atoms with Gasteiger partial charge in [-0.3, -0.25) is 4.79 Å². The van der Waals surface area contributed by atoms with Gasteiger partial charge >= 0.3 is 5.97 Å². The number of imidazole rings is 1. The number of H-pyrrole nitrogens is 1. The number of aromatic nitrogens is 2. The number of hydrogen-bond acceptors (Lipinski definition) is 5. The number of carbonyl (C=O) groups excluding carboxylic acids is 1. The third kappa shape index (κ3) is 2.39. The van der Waals surface area contributed by atoms with Crippen LogP contribution in [0.15, 0.2) is 17.6 Å². The molecular formula is C10H15N3O4S. The van der Waals surface area contributed by atoms with E-state index in [4.69, 9.17) is 0 Å². The predicted molar refractivity (Wildman–Crippen MR) is 62.1 cm³/mol. The van der Waals surface area contributed by atoms with Crippen LogP contribution in [-0.4, -0.2) is 48.9 Å². The number of sulfonamides is 1. The molecule has 7 nitrogen and oxygen atoms in total. The molecule has 0 amide bonds. The van der Waals surface area contributed by atoms with Gasteiger partial charge in [0.05, 0.1) is 25.6 Å². The normalized spacial score (nSPS) is 21.7. The van der Waals surface area contributed by atoms with Crippen LogP contribution in [0.2, 0.25) is 0 Å². The van der Waals surface area contributed by atoms with E-state index in [0.717, 1.165) is 0 Å². The summed E-state index contributed by atoms with van der Waals surface area (Å²) in [5.41, 5.74) is 0. The zero-order valence-electron chi connectivity index (χ0n) is 10.00. The second-order valence-electron chi connectivity index (χ2n) is 4.14. The fourth-order valence-electron chi connectivity index (χ4n) is 2.04. The lowest BCUT2D eigenvalue weighted by atomic mass is 10.0. The number of nitrogens with zero attached hydrogens (tertiary/aromatic N) is 2. The maximum atomic E-state index is 12.2. The van der Waals surface area contributed by atoms with E-state index in [1.165, 1.54) is 23.9 Å². The molecule has 1 aromatic heterocycles. The van der Waals surface area contributed by atoms with Crippen molar-refractivity contribution in [3.63, 3.8) is 0 Å². The van der Waals surface area contributed by atoms with Crippen molar-refractivity contribution in [2.45, 2.75) is 17.9 Å². The summed E-state index contributed by atoms with van der Waals surface area (Å²) in [6, 6.07) is 0. The highest BCUT2D eigenvalue weighted by Gasteiger charge is 2.34.